The lowest BCUT2D eigenvalue weighted by Crippen LogP contribution is -2.34. The Morgan fingerprint density at radius 1 is 1.60 bits per heavy atom. The summed E-state index contributed by atoms with van der Waals surface area (Å²) < 4.78 is 5.59. The molecule has 1 aromatic rings. The molecule has 2 rings (SSSR count). The Kier molecular flexibility index (Phi) is 3.51. The zero-order valence-electron chi connectivity index (χ0n) is 8.08. The van der Waals surface area contributed by atoms with Crippen LogP contribution in [-0.4, -0.2) is 28.7 Å². The third kappa shape index (κ3) is 2.45. The normalized spacial score (nSPS) is 15.3. The molecule has 1 aliphatic carbocycles. The van der Waals surface area contributed by atoms with Crippen molar-refractivity contribution in [2.75, 3.05) is 11.9 Å². The van der Waals surface area contributed by atoms with E-state index in [1.165, 1.54) is 6.26 Å². The van der Waals surface area contributed by atoms with Crippen LogP contribution in [0.2, 0.25) is 0 Å². The fourth-order valence-corrected chi connectivity index (χ4v) is 2.32. The van der Waals surface area contributed by atoms with E-state index in [-0.39, 0.29) is 5.91 Å². The van der Waals surface area contributed by atoms with Crippen molar-refractivity contribution in [3.63, 3.8) is 0 Å². The molecule has 1 saturated carbocycles. The number of carbonyl (C=O) groups excluding carboxylic acids is 1. The summed E-state index contributed by atoms with van der Waals surface area (Å²) in [5.41, 5.74) is 0.614. The van der Waals surface area contributed by atoms with Crippen LogP contribution in [0.5, 0.6) is 0 Å². The van der Waals surface area contributed by atoms with Crippen LogP contribution >= 0.6 is 31.9 Å². The molecule has 82 valence electrons. The molecule has 0 N–H and O–H groups in total. The minimum Gasteiger partial charge on any atom is -0.457 e. The third-order valence-electron chi connectivity index (χ3n) is 2.42. The first-order chi connectivity index (χ1) is 7.24. The summed E-state index contributed by atoms with van der Waals surface area (Å²) >= 11 is 6.60. The molecular weight excluding hydrogens is 326 g/mol. The first-order valence-electron chi connectivity index (χ1n) is 4.84. The molecule has 1 amide bonds. The summed E-state index contributed by atoms with van der Waals surface area (Å²) in [6.07, 6.45) is 3.76. The van der Waals surface area contributed by atoms with Crippen molar-refractivity contribution >= 4 is 37.8 Å². The average molecular weight is 337 g/mol. The van der Waals surface area contributed by atoms with E-state index in [2.05, 4.69) is 31.9 Å². The highest BCUT2D eigenvalue weighted by molar-refractivity contribution is 9.10. The SMILES string of the molecule is O=C(c1ccoc1Br)N(CCBr)C1CC1. The second-order valence-electron chi connectivity index (χ2n) is 3.53. The highest BCUT2D eigenvalue weighted by Crippen LogP contribution is 2.30. The Hall–Kier alpha value is -0.290. The first kappa shape index (κ1) is 11.2. The van der Waals surface area contributed by atoms with Crippen LogP contribution in [0.15, 0.2) is 21.4 Å². The predicted molar refractivity (Wildman–Crippen MR) is 64.3 cm³/mol. The van der Waals surface area contributed by atoms with Gasteiger partial charge < -0.3 is 9.32 Å². The van der Waals surface area contributed by atoms with Crippen molar-refractivity contribution in [2.45, 2.75) is 18.9 Å². The van der Waals surface area contributed by atoms with Gasteiger partial charge in [0.15, 0.2) is 4.67 Å². The van der Waals surface area contributed by atoms with Crippen LogP contribution in [0, 0.1) is 0 Å². The molecule has 0 unspecified atom stereocenters. The van der Waals surface area contributed by atoms with E-state index in [0.717, 1.165) is 24.7 Å². The molecule has 5 heteroatoms. The maximum absolute atomic E-state index is 12.1. The number of nitrogens with zero attached hydrogens (tertiary/aromatic N) is 1. The van der Waals surface area contributed by atoms with E-state index in [4.69, 9.17) is 4.42 Å². The molecule has 3 nitrogen and oxygen atoms in total. The minimum absolute atomic E-state index is 0.0533. The van der Waals surface area contributed by atoms with Crippen LogP contribution in [0.25, 0.3) is 0 Å². The maximum Gasteiger partial charge on any atom is 0.258 e. The van der Waals surface area contributed by atoms with Crippen molar-refractivity contribution in [3.05, 3.63) is 22.6 Å². The van der Waals surface area contributed by atoms with Gasteiger partial charge in [-0.05, 0) is 34.8 Å². The Morgan fingerprint density at radius 3 is 2.80 bits per heavy atom. The number of alkyl halides is 1. The fourth-order valence-electron chi connectivity index (χ4n) is 1.53. The summed E-state index contributed by atoms with van der Waals surface area (Å²) in [5.74, 6) is 0.0533. The van der Waals surface area contributed by atoms with Gasteiger partial charge in [0.1, 0.15) is 0 Å². The smallest absolute Gasteiger partial charge is 0.258 e. The van der Waals surface area contributed by atoms with Crippen molar-refractivity contribution in [1.29, 1.82) is 0 Å². The van der Waals surface area contributed by atoms with Gasteiger partial charge in [0.05, 0.1) is 11.8 Å². The van der Waals surface area contributed by atoms with Crippen LogP contribution in [-0.2, 0) is 0 Å². The highest BCUT2D eigenvalue weighted by atomic mass is 79.9. The number of hydrogen-bond acceptors (Lipinski definition) is 2. The molecule has 1 aliphatic rings. The molecule has 0 aromatic carbocycles. The molecule has 0 aliphatic heterocycles. The summed E-state index contributed by atoms with van der Waals surface area (Å²) in [6.45, 7) is 0.751. The molecule has 1 heterocycles. The summed E-state index contributed by atoms with van der Waals surface area (Å²) in [4.78, 5) is 14.0. The van der Waals surface area contributed by atoms with Crippen LogP contribution in [0.4, 0.5) is 0 Å². The average Bonchev–Trinajstić information content (AvgIpc) is 2.97. The molecule has 1 fully saturated rings. The van der Waals surface area contributed by atoms with Crippen LogP contribution in [0.3, 0.4) is 0 Å². The van der Waals surface area contributed by atoms with E-state index in [1.54, 1.807) is 6.07 Å². The van der Waals surface area contributed by atoms with Crippen molar-refractivity contribution < 1.29 is 9.21 Å². The third-order valence-corrected chi connectivity index (χ3v) is 3.39. The second-order valence-corrected chi connectivity index (χ2v) is 5.04. The molecule has 0 radical (unpaired) electrons. The van der Waals surface area contributed by atoms with Gasteiger partial charge in [-0.15, -0.1) is 0 Å². The van der Waals surface area contributed by atoms with Crippen molar-refractivity contribution in [1.82, 2.24) is 4.90 Å². The molecule has 0 saturated heterocycles. The zero-order chi connectivity index (χ0) is 10.8. The van der Waals surface area contributed by atoms with E-state index in [1.807, 2.05) is 4.90 Å². The van der Waals surface area contributed by atoms with Gasteiger partial charge in [0.2, 0.25) is 0 Å². The lowest BCUT2D eigenvalue weighted by Gasteiger charge is -2.20. The van der Waals surface area contributed by atoms with E-state index in [0.29, 0.717) is 16.3 Å². The zero-order valence-corrected chi connectivity index (χ0v) is 11.3. The van der Waals surface area contributed by atoms with Gasteiger partial charge in [-0.2, -0.15) is 0 Å². The Morgan fingerprint density at radius 2 is 2.33 bits per heavy atom. The van der Waals surface area contributed by atoms with Crippen molar-refractivity contribution in [3.8, 4) is 0 Å². The summed E-state index contributed by atoms with van der Waals surface area (Å²) in [7, 11) is 0. The first-order valence-corrected chi connectivity index (χ1v) is 6.75. The highest BCUT2D eigenvalue weighted by Gasteiger charge is 2.33. The van der Waals surface area contributed by atoms with Crippen LogP contribution in [0.1, 0.15) is 23.2 Å². The monoisotopic (exact) mass is 335 g/mol. The van der Waals surface area contributed by atoms with Crippen LogP contribution < -0.4 is 0 Å². The minimum atomic E-state index is 0.0533. The number of carbonyl (C=O) groups is 1. The van der Waals surface area contributed by atoms with E-state index >= 15 is 0 Å². The van der Waals surface area contributed by atoms with Gasteiger partial charge in [-0.3, -0.25) is 4.79 Å². The summed E-state index contributed by atoms with van der Waals surface area (Å²) in [5, 5.41) is 0.810. The lowest BCUT2D eigenvalue weighted by atomic mass is 10.3. The molecule has 1 aromatic heterocycles. The Bertz CT molecular complexity index is 360. The Balaban J connectivity index is 2.14. The molecular formula is C10H11Br2NO2. The van der Waals surface area contributed by atoms with Gasteiger partial charge >= 0.3 is 0 Å². The van der Waals surface area contributed by atoms with Gasteiger partial charge in [-0.1, -0.05) is 15.9 Å². The number of amides is 1. The van der Waals surface area contributed by atoms with E-state index < -0.39 is 0 Å². The largest absolute Gasteiger partial charge is 0.457 e. The standard InChI is InChI=1S/C10H11Br2NO2/c11-4-5-13(7-1-2-7)10(14)8-3-6-15-9(8)12/h3,6-7H,1-2,4-5H2. The lowest BCUT2D eigenvalue weighted by molar-refractivity contribution is 0.0752. The molecule has 0 spiro atoms. The van der Waals surface area contributed by atoms with Gasteiger partial charge in [0.25, 0.3) is 5.91 Å². The quantitative estimate of drug-likeness (QED) is 0.792. The molecule has 15 heavy (non-hydrogen) atoms. The maximum atomic E-state index is 12.1. The number of rotatable bonds is 4. The second kappa shape index (κ2) is 4.70. The van der Waals surface area contributed by atoms with Gasteiger partial charge in [-0.25, -0.2) is 0 Å². The molecule has 0 atom stereocenters. The predicted octanol–water partition coefficient (Wildman–Crippen LogP) is 3.04. The van der Waals surface area contributed by atoms with E-state index in [9.17, 15) is 4.79 Å². The molecule has 0 bridgehead atoms. The number of furan rings is 1. The summed E-state index contributed by atoms with van der Waals surface area (Å²) in [6, 6.07) is 2.13. The number of hydrogen-bond donors (Lipinski definition) is 0. The topological polar surface area (TPSA) is 33.5 Å². The fraction of sp³-hybridized carbons (Fsp3) is 0.500. The van der Waals surface area contributed by atoms with Gasteiger partial charge in [0, 0.05) is 17.9 Å². The number of halogens is 2. The van der Waals surface area contributed by atoms with Crippen molar-refractivity contribution in [2.24, 2.45) is 0 Å². The Labute approximate surface area is 105 Å².